The molecule has 1 aliphatic heterocycles. The molecule has 8 heteroatoms. The van der Waals surface area contributed by atoms with Crippen LogP contribution in [0, 0.1) is 5.92 Å². The highest BCUT2D eigenvalue weighted by molar-refractivity contribution is 5.94. The molecule has 1 saturated heterocycles. The molecule has 8 nitrogen and oxygen atoms in total. The van der Waals surface area contributed by atoms with Crippen molar-refractivity contribution < 1.29 is 9.59 Å². The molecule has 166 valence electrons. The maximum atomic E-state index is 12.9. The van der Waals surface area contributed by atoms with Gasteiger partial charge in [-0.05, 0) is 37.0 Å². The lowest BCUT2D eigenvalue weighted by atomic mass is 10.1. The maximum absolute atomic E-state index is 12.9. The number of amides is 2. The van der Waals surface area contributed by atoms with Gasteiger partial charge in [0.1, 0.15) is 5.69 Å². The summed E-state index contributed by atoms with van der Waals surface area (Å²) in [5, 5.41) is 7.63. The van der Waals surface area contributed by atoms with E-state index in [9.17, 15) is 9.59 Å². The standard InChI is InChI=1S/C23H32N6O2/c1-17(2)14-21(30)29-12-10-28(11-13-29)19-4-8-24-20(15-19)22(31)25-23(6-7-23)16-18-5-9-27(3)26-18/h4-5,8-9,15,17H,6-7,10-14,16H2,1-3H3,(H,25,31). The number of piperazine rings is 1. The fraction of sp³-hybridized carbons (Fsp3) is 0.565. The summed E-state index contributed by atoms with van der Waals surface area (Å²) in [4.78, 5) is 33.7. The number of nitrogens with zero attached hydrogens (tertiary/aromatic N) is 5. The van der Waals surface area contributed by atoms with E-state index in [-0.39, 0.29) is 17.4 Å². The number of nitrogens with one attached hydrogen (secondary N) is 1. The molecule has 2 aliphatic rings. The van der Waals surface area contributed by atoms with Crippen LogP contribution >= 0.6 is 0 Å². The lowest BCUT2D eigenvalue weighted by molar-refractivity contribution is -0.132. The Hall–Kier alpha value is -2.90. The second-order valence-electron chi connectivity index (χ2n) is 9.26. The zero-order valence-corrected chi connectivity index (χ0v) is 18.7. The van der Waals surface area contributed by atoms with Gasteiger partial charge in [-0.1, -0.05) is 13.8 Å². The molecule has 0 unspecified atom stereocenters. The maximum Gasteiger partial charge on any atom is 0.270 e. The molecule has 31 heavy (non-hydrogen) atoms. The predicted octanol–water partition coefficient (Wildman–Crippen LogP) is 2.01. The summed E-state index contributed by atoms with van der Waals surface area (Å²) in [5.74, 6) is 0.465. The second kappa shape index (κ2) is 8.69. The summed E-state index contributed by atoms with van der Waals surface area (Å²) in [6.07, 6.45) is 6.88. The Labute approximate surface area is 183 Å². The molecule has 2 aromatic rings. The number of anilines is 1. The highest BCUT2D eigenvalue weighted by Crippen LogP contribution is 2.38. The monoisotopic (exact) mass is 424 g/mol. The molecule has 4 rings (SSSR count). The van der Waals surface area contributed by atoms with E-state index in [2.05, 4.69) is 34.1 Å². The van der Waals surface area contributed by atoms with Crippen LogP contribution in [0.4, 0.5) is 5.69 Å². The number of aromatic nitrogens is 3. The Morgan fingerprint density at radius 2 is 1.90 bits per heavy atom. The van der Waals surface area contributed by atoms with E-state index in [1.807, 2.05) is 36.3 Å². The minimum absolute atomic E-state index is 0.138. The van der Waals surface area contributed by atoms with E-state index in [4.69, 9.17) is 0 Å². The van der Waals surface area contributed by atoms with Gasteiger partial charge in [0.2, 0.25) is 5.91 Å². The molecule has 2 aromatic heterocycles. The van der Waals surface area contributed by atoms with Crippen molar-refractivity contribution in [2.75, 3.05) is 31.1 Å². The number of hydrogen-bond donors (Lipinski definition) is 1. The quantitative estimate of drug-likeness (QED) is 0.735. The van der Waals surface area contributed by atoms with E-state index in [0.29, 0.717) is 31.1 Å². The zero-order valence-electron chi connectivity index (χ0n) is 18.7. The number of pyridine rings is 1. The van der Waals surface area contributed by atoms with Crippen molar-refractivity contribution in [3.63, 3.8) is 0 Å². The largest absolute Gasteiger partial charge is 0.368 e. The fourth-order valence-corrected chi connectivity index (χ4v) is 4.14. The molecule has 1 aliphatic carbocycles. The normalized spacial score (nSPS) is 17.7. The van der Waals surface area contributed by atoms with Gasteiger partial charge < -0.3 is 15.1 Å². The lowest BCUT2D eigenvalue weighted by Gasteiger charge is -2.36. The second-order valence-corrected chi connectivity index (χ2v) is 9.26. The lowest BCUT2D eigenvalue weighted by Crippen LogP contribution is -2.49. The van der Waals surface area contributed by atoms with Crippen molar-refractivity contribution >= 4 is 17.5 Å². The summed E-state index contributed by atoms with van der Waals surface area (Å²) >= 11 is 0. The third-order valence-corrected chi connectivity index (χ3v) is 6.08. The summed E-state index contributed by atoms with van der Waals surface area (Å²) < 4.78 is 1.79. The van der Waals surface area contributed by atoms with Crippen LogP contribution in [0.25, 0.3) is 0 Å². The van der Waals surface area contributed by atoms with Crippen LogP contribution in [-0.2, 0) is 18.3 Å². The van der Waals surface area contributed by atoms with Crippen LogP contribution in [0.15, 0.2) is 30.6 Å². The summed E-state index contributed by atoms with van der Waals surface area (Å²) in [7, 11) is 1.90. The molecular weight excluding hydrogens is 392 g/mol. The first-order chi connectivity index (χ1) is 14.8. The van der Waals surface area contributed by atoms with E-state index < -0.39 is 0 Å². The molecule has 0 bridgehead atoms. The van der Waals surface area contributed by atoms with Crippen LogP contribution in [0.5, 0.6) is 0 Å². The van der Waals surface area contributed by atoms with Gasteiger partial charge in [-0.2, -0.15) is 5.10 Å². The molecule has 0 spiro atoms. The van der Waals surface area contributed by atoms with Gasteiger partial charge in [0.25, 0.3) is 5.91 Å². The number of aryl methyl sites for hydroxylation is 1. The van der Waals surface area contributed by atoms with E-state index >= 15 is 0 Å². The first-order valence-electron chi connectivity index (χ1n) is 11.1. The van der Waals surface area contributed by atoms with E-state index in [1.54, 1.807) is 10.9 Å². The zero-order chi connectivity index (χ0) is 22.0. The van der Waals surface area contributed by atoms with Gasteiger partial charge in [0, 0.05) is 69.7 Å². The fourth-order valence-electron chi connectivity index (χ4n) is 4.14. The molecule has 0 atom stereocenters. The average molecular weight is 425 g/mol. The van der Waals surface area contributed by atoms with Crippen LogP contribution in [-0.4, -0.2) is 63.2 Å². The number of hydrogen-bond acceptors (Lipinski definition) is 5. The van der Waals surface area contributed by atoms with Crippen molar-refractivity contribution in [2.45, 2.75) is 45.1 Å². The van der Waals surface area contributed by atoms with Crippen molar-refractivity contribution in [2.24, 2.45) is 13.0 Å². The van der Waals surface area contributed by atoms with E-state index in [1.165, 1.54) is 0 Å². The van der Waals surface area contributed by atoms with Crippen LogP contribution < -0.4 is 10.2 Å². The Bertz CT molecular complexity index is 941. The van der Waals surface area contributed by atoms with Gasteiger partial charge in [-0.15, -0.1) is 0 Å². The van der Waals surface area contributed by atoms with E-state index in [0.717, 1.165) is 43.7 Å². The molecule has 1 N–H and O–H groups in total. The highest BCUT2D eigenvalue weighted by atomic mass is 16.2. The Morgan fingerprint density at radius 3 is 2.52 bits per heavy atom. The van der Waals surface area contributed by atoms with Gasteiger partial charge in [0.15, 0.2) is 0 Å². The minimum Gasteiger partial charge on any atom is -0.368 e. The van der Waals surface area contributed by atoms with Gasteiger partial charge in [0.05, 0.1) is 5.69 Å². The number of carbonyl (C=O) groups excluding carboxylic acids is 2. The molecule has 0 radical (unpaired) electrons. The van der Waals surface area contributed by atoms with Crippen molar-refractivity contribution in [1.82, 2.24) is 25.0 Å². The first-order valence-corrected chi connectivity index (χ1v) is 11.1. The third-order valence-electron chi connectivity index (χ3n) is 6.08. The smallest absolute Gasteiger partial charge is 0.270 e. The molecule has 2 amide bonds. The van der Waals surface area contributed by atoms with Crippen LogP contribution in [0.2, 0.25) is 0 Å². The third kappa shape index (κ3) is 5.24. The minimum atomic E-state index is -0.203. The molecule has 2 fully saturated rings. The molecule has 0 aromatic carbocycles. The SMILES string of the molecule is CC(C)CC(=O)N1CCN(c2ccnc(C(=O)NC3(Cc4ccn(C)n4)CC3)c2)CC1. The average Bonchev–Trinajstić information content (AvgIpc) is 3.37. The van der Waals surface area contributed by atoms with Gasteiger partial charge in [-0.25, -0.2) is 0 Å². The highest BCUT2D eigenvalue weighted by Gasteiger charge is 2.44. The molecule has 1 saturated carbocycles. The van der Waals surface area contributed by atoms with Crippen LogP contribution in [0.1, 0.15) is 49.3 Å². The van der Waals surface area contributed by atoms with Crippen molar-refractivity contribution in [1.29, 1.82) is 0 Å². The van der Waals surface area contributed by atoms with Crippen molar-refractivity contribution in [3.8, 4) is 0 Å². The summed E-state index contributed by atoms with van der Waals surface area (Å²) in [6.45, 7) is 7.09. The van der Waals surface area contributed by atoms with Gasteiger partial charge in [-0.3, -0.25) is 19.3 Å². The number of carbonyl (C=O) groups is 2. The predicted molar refractivity (Wildman–Crippen MR) is 119 cm³/mol. The number of rotatable bonds is 7. The van der Waals surface area contributed by atoms with Gasteiger partial charge >= 0.3 is 0 Å². The summed E-state index contributed by atoms with van der Waals surface area (Å²) in [6, 6.07) is 5.79. The molecule has 3 heterocycles. The summed E-state index contributed by atoms with van der Waals surface area (Å²) in [5.41, 5.74) is 2.20. The van der Waals surface area contributed by atoms with Crippen LogP contribution in [0.3, 0.4) is 0 Å². The Balaban J connectivity index is 1.35. The Morgan fingerprint density at radius 1 is 1.16 bits per heavy atom. The Kier molecular flexibility index (Phi) is 5.98. The molecular formula is C23H32N6O2. The van der Waals surface area contributed by atoms with Crippen molar-refractivity contribution in [3.05, 3.63) is 42.0 Å². The topological polar surface area (TPSA) is 83.4 Å². The first kappa shape index (κ1) is 21.3.